The number of carbonyl (C=O) groups is 1. The summed E-state index contributed by atoms with van der Waals surface area (Å²) in [4.78, 5) is 12.1. The quantitative estimate of drug-likeness (QED) is 0.781. The molecule has 1 aliphatic heterocycles. The lowest BCUT2D eigenvalue weighted by atomic mass is 10.1. The molecule has 0 saturated heterocycles. The molecular formula is C13H18N2O4. The molecule has 104 valence electrons. The van der Waals surface area contributed by atoms with Crippen LogP contribution in [0.1, 0.15) is 23.7 Å². The van der Waals surface area contributed by atoms with Gasteiger partial charge in [0.1, 0.15) is 0 Å². The minimum atomic E-state index is -0.223. The molecule has 0 fully saturated rings. The summed E-state index contributed by atoms with van der Waals surface area (Å²) in [5.41, 5.74) is 6.62. The summed E-state index contributed by atoms with van der Waals surface area (Å²) in [5.74, 6) is 0.893. The molecule has 0 bridgehead atoms. The van der Waals surface area contributed by atoms with Gasteiger partial charge in [0, 0.05) is 31.5 Å². The van der Waals surface area contributed by atoms with Crippen LogP contribution in [0.25, 0.3) is 0 Å². The topological polar surface area (TPSA) is 82.8 Å². The number of hydrogen-bond donors (Lipinski definition) is 2. The molecule has 0 radical (unpaired) electrons. The monoisotopic (exact) mass is 266 g/mol. The number of amides is 1. The Kier molecular flexibility index (Phi) is 4.11. The number of fused-ring (bicyclic) bond motifs is 1. The Bertz CT molecular complexity index is 476. The van der Waals surface area contributed by atoms with E-state index in [1.807, 2.05) is 6.92 Å². The third-order valence-electron chi connectivity index (χ3n) is 2.92. The fourth-order valence-corrected chi connectivity index (χ4v) is 1.82. The number of anilines is 1. The van der Waals surface area contributed by atoms with E-state index in [-0.39, 0.29) is 18.7 Å². The molecule has 1 unspecified atom stereocenters. The standard InChI is InChI=1S/C13H18N2O4/c1-8(3-4-17-2)15-13(16)9-5-11-12(6-10(9)14)19-7-18-11/h5-6,8H,3-4,7,14H2,1-2H3,(H,15,16). The number of nitrogens with one attached hydrogen (secondary N) is 1. The number of carbonyl (C=O) groups excluding carboxylic acids is 1. The van der Waals surface area contributed by atoms with Crippen molar-refractivity contribution in [3.8, 4) is 11.5 Å². The molecule has 2 rings (SSSR count). The number of rotatable bonds is 5. The van der Waals surface area contributed by atoms with Gasteiger partial charge in [0.25, 0.3) is 5.91 Å². The van der Waals surface area contributed by atoms with Crippen LogP contribution in [0.2, 0.25) is 0 Å². The average molecular weight is 266 g/mol. The molecule has 1 atom stereocenters. The largest absolute Gasteiger partial charge is 0.454 e. The number of benzene rings is 1. The van der Waals surface area contributed by atoms with E-state index in [4.69, 9.17) is 19.9 Å². The van der Waals surface area contributed by atoms with Gasteiger partial charge in [-0.2, -0.15) is 0 Å². The Hall–Kier alpha value is -1.95. The Morgan fingerprint density at radius 3 is 2.84 bits per heavy atom. The van der Waals surface area contributed by atoms with Gasteiger partial charge in [-0.15, -0.1) is 0 Å². The summed E-state index contributed by atoms with van der Waals surface area (Å²) in [7, 11) is 1.63. The van der Waals surface area contributed by atoms with Crippen molar-refractivity contribution in [1.82, 2.24) is 5.32 Å². The summed E-state index contributed by atoms with van der Waals surface area (Å²) >= 11 is 0. The SMILES string of the molecule is COCCC(C)NC(=O)c1cc2c(cc1N)OCO2. The Morgan fingerprint density at radius 2 is 2.16 bits per heavy atom. The maximum Gasteiger partial charge on any atom is 0.253 e. The first kappa shape index (κ1) is 13.5. The van der Waals surface area contributed by atoms with E-state index in [0.717, 1.165) is 6.42 Å². The highest BCUT2D eigenvalue weighted by Crippen LogP contribution is 2.35. The van der Waals surface area contributed by atoms with Crippen LogP contribution >= 0.6 is 0 Å². The van der Waals surface area contributed by atoms with Crippen molar-refractivity contribution in [2.45, 2.75) is 19.4 Å². The van der Waals surface area contributed by atoms with Gasteiger partial charge in [-0.1, -0.05) is 0 Å². The van der Waals surface area contributed by atoms with E-state index in [9.17, 15) is 4.79 Å². The molecule has 6 heteroatoms. The van der Waals surface area contributed by atoms with Gasteiger partial charge in [-0.3, -0.25) is 4.79 Å². The van der Waals surface area contributed by atoms with Crippen LogP contribution in [-0.4, -0.2) is 32.5 Å². The van der Waals surface area contributed by atoms with Crippen LogP contribution in [0.4, 0.5) is 5.69 Å². The van der Waals surface area contributed by atoms with E-state index < -0.39 is 0 Å². The van der Waals surface area contributed by atoms with Gasteiger partial charge < -0.3 is 25.3 Å². The molecule has 1 amide bonds. The van der Waals surface area contributed by atoms with Gasteiger partial charge >= 0.3 is 0 Å². The summed E-state index contributed by atoms with van der Waals surface area (Å²) in [5, 5.41) is 2.87. The van der Waals surface area contributed by atoms with E-state index in [2.05, 4.69) is 5.32 Å². The van der Waals surface area contributed by atoms with E-state index in [0.29, 0.717) is 29.4 Å². The highest BCUT2D eigenvalue weighted by Gasteiger charge is 2.20. The second-order valence-electron chi connectivity index (χ2n) is 4.45. The smallest absolute Gasteiger partial charge is 0.253 e. The fourth-order valence-electron chi connectivity index (χ4n) is 1.82. The van der Waals surface area contributed by atoms with E-state index in [1.165, 1.54) is 0 Å². The predicted octanol–water partition coefficient (Wildman–Crippen LogP) is 1.15. The molecule has 1 aromatic rings. The molecule has 6 nitrogen and oxygen atoms in total. The first-order chi connectivity index (χ1) is 9.11. The lowest BCUT2D eigenvalue weighted by Crippen LogP contribution is -2.33. The molecule has 19 heavy (non-hydrogen) atoms. The second kappa shape index (κ2) is 5.79. The molecule has 1 heterocycles. The number of nitrogens with two attached hydrogens (primary N) is 1. The summed E-state index contributed by atoms with van der Waals surface area (Å²) < 4.78 is 15.4. The number of ether oxygens (including phenoxy) is 3. The first-order valence-electron chi connectivity index (χ1n) is 6.10. The summed E-state index contributed by atoms with van der Waals surface area (Å²) in [6, 6.07) is 3.23. The van der Waals surface area contributed by atoms with Gasteiger partial charge in [0.15, 0.2) is 11.5 Å². The highest BCUT2D eigenvalue weighted by atomic mass is 16.7. The van der Waals surface area contributed by atoms with Gasteiger partial charge in [0.2, 0.25) is 6.79 Å². The lowest BCUT2D eigenvalue weighted by molar-refractivity contribution is 0.0930. The zero-order chi connectivity index (χ0) is 13.8. The van der Waals surface area contributed by atoms with Crippen molar-refractivity contribution in [3.63, 3.8) is 0 Å². The molecule has 0 aliphatic carbocycles. The van der Waals surface area contributed by atoms with Crippen molar-refractivity contribution in [2.75, 3.05) is 26.2 Å². The maximum atomic E-state index is 12.1. The van der Waals surface area contributed by atoms with Crippen LogP contribution in [0.5, 0.6) is 11.5 Å². The number of methoxy groups -OCH3 is 1. The highest BCUT2D eigenvalue weighted by molar-refractivity contribution is 6.00. The van der Waals surface area contributed by atoms with Crippen molar-refractivity contribution in [2.24, 2.45) is 0 Å². The van der Waals surface area contributed by atoms with Crippen molar-refractivity contribution in [1.29, 1.82) is 0 Å². The Balaban J connectivity index is 2.07. The average Bonchev–Trinajstić information content (AvgIpc) is 2.82. The van der Waals surface area contributed by atoms with Crippen LogP contribution in [-0.2, 0) is 4.74 Å². The van der Waals surface area contributed by atoms with E-state index in [1.54, 1.807) is 19.2 Å². The lowest BCUT2D eigenvalue weighted by Gasteiger charge is -2.14. The zero-order valence-electron chi connectivity index (χ0n) is 11.1. The van der Waals surface area contributed by atoms with Crippen molar-refractivity contribution < 1.29 is 19.0 Å². The van der Waals surface area contributed by atoms with Crippen molar-refractivity contribution >= 4 is 11.6 Å². The fraction of sp³-hybridized carbons (Fsp3) is 0.462. The summed E-state index contributed by atoms with van der Waals surface area (Å²) in [6.07, 6.45) is 0.743. The predicted molar refractivity (Wildman–Crippen MR) is 70.4 cm³/mol. The molecule has 3 N–H and O–H groups in total. The van der Waals surface area contributed by atoms with Gasteiger partial charge in [-0.25, -0.2) is 0 Å². The molecule has 0 spiro atoms. The third kappa shape index (κ3) is 3.08. The molecule has 0 aromatic heterocycles. The summed E-state index contributed by atoms with van der Waals surface area (Å²) in [6.45, 7) is 2.67. The molecule has 0 saturated carbocycles. The van der Waals surface area contributed by atoms with Crippen LogP contribution < -0.4 is 20.5 Å². The zero-order valence-corrected chi connectivity index (χ0v) is 11.1. The van der Waals surface area contributed by atoms with Crippen LogP contribution in [0, 0.1) is 0 Å². The van der Waals surface area contributed by atoms with Crippen LogP contribution in [0.15, 0.2) is 12.1 Å². The maximum absolute atomic E-state index is 12.1. The van der Waals surface area contributed by atoms with Gasteiger partial charge in [0.05, 0.1) is 5.56 Å². The van der Waals surface area contributed by atoms with Gasteiger partial charge in [-0.05, 0) is 19.4 Å². The molecule has 1 aliphatic rings. The second-order valence-corrected chi connectivity index (χ2v) is 4.45. The van der Waals surface area contributed by atoms with Crippen molar-refractivity contribution in [3.05, 3.63) is 17.7 Å². The number of nitrogen functional groups attached to an aromatic ring is 1. The molecular weight excluding hydrogens is 248 g/mol. The number of hydrogen-bond acceptors (Lipinski definition) is 5. The minimum Gasteiger partial charge on any atom is -0.454 e. The molecule has 1 aromatic carbocycles. The Morgan fingerprint density at radius 1 is 1.47 bits per heavy atom. The van der Waals surface area contributed by atoms with E-state index >= 15 is 0 Å². The van der Waals surface area contributed by atoms with Crippen LogP contribution in [0.3, 0.4) is 0 Å². The normalized spacial score (nSPS) is 14.2. The Labute approximate surface area is 111 Å². The first-order valence-corrected chi connectivity index (χ1v) is 6.10. The third-order valence-corrected chi connectivity index (χ3v) is 2.92. The minimum absolute atomic E-state index is 0.0114.